The summed E-state index contributed by atoms with van der Waals surface area (Å²) in [5, 5.41) is 0. The molecule has 4 rings (SSSR count). The molecular weight excluding hydrogens is 388 g/mol. The lowest BCUT2D eigenvalue weighted by molar-refractivity contribution is -0.0857. The van der Waals surface area contributed by atoms with Crippen LogP contribution in [0.15, 0.2) is 53.4 Å². The molecule has 0 radical (unpaired) electrons. The maximum absolute atomic E-state index is 13.2. The summed E-state index contributed by atoms with van der Waals surface area (Å²) < 4.78 is 33.8. The predicted molar refractivity (Wildman–Crippen MR) is 110 cm³/mol. The predicted octanol–water partition coefficient (Wildman–Crippen LogP) is 2.96. The molecule has 2 aromatic carbocycles. The molecule has 1 spiro atoms. The molecule has 154 valence electrons. The molecule has 0 bridgehead atoms. The summed E-state index contributed by atoms with van der Waals surface area (Å²) in [5.74, 6) is -0.0154. The zero-order valence-electron chi connectivity index (χ0n) is 16.8. The molecule has 0 saturated carbocycles. The van der Waals surface area contributed by atoms with Gasteiger partial charge in [0.2, 0.25) is 10.0 Å². The van der Waals surface area contributed by atoms with E-state index < -0.39 is 15.7 Å². The van der Waals surface area contributed by atoms with Gasteiger partial charge in [-0.25, -0.2) is 8.42 Å². The third-order valence-electron chi connectivity index (χ3n) is 6.04. The van der Waals surface area contributed by atoms with E-state index in [2.05, 4.69) is 0 Å². The largest absolute Gasteiger partial charge is 0.358 e. The molecule has 2 aromatic rings. The van der Waals surface area contributed by atoms with Crippen LogP contribution in [0.3, 0.4) is 0 Å². The topological polar surface area (TPSA) is 66.9 Å². The smallest absolute Gasteiger partial charge is 0.253 e. The van der Waals surface area contributed by atoms with Crippen molar-refractivity contribution in [3.05, 3.63) is 65.2 Å². The highest BCUT2D eigenvalue weighted by Gasteiger charge is 2.50. The highest BCUT2D eigenvalue weighted by molar-refractivity contribution is 7.89. The van der Waals surface area contributed by atoms with Gasteiger partial charge in [0, 0.05) is 38.0 Å². The van der Waals surface area contributed by atoms with Crippen molar-refractivity contribution in [2.45, 2.75) is 37.3 Å². The number of hydrogen-bond donors (Lipinski definition) is 0. The Bertz CT molecular complexity index is 1010. The molecule has 0 aromatic heterocycles. The minimum Gasteiger partial charge on any atom is -0.358 e. The van der Waals surface area contributed by atoms with Crippen LogP contribution in [0.25, 0.3) is 0 Å². The number of amides is 1. The summed E-state index contributed by atoms with van der Waals surface area (Å²) in [6.45, 7) is 5.65. The van der Waals surface area contributed by atoms with Gasteiger partial charge in [-0.2, -0.15) is 4.31 Å². The summed E-state index contributed by atoms with van der Waals surface area (Å²) in [6.07, 6.45) is 0.936. The van der Waals surface area contributed by atoms with Gasteiger partial charge >= 0.3 is 0 Å². The third kappa shape index (κ3) is 3.58. The average Bonchev–Trinajstić information content (AvgIpc) is 3.14. The molecule has 2 aliphatic rings. The molecular formula is C22H26N2O4S. The van der Waals surface area contributed by atoms with Crippen LogP contribution in [0.1, 0.15) is 34.3 Å². The van der Waals surface area contributed by atoms with Crippen molar-refractivity contribution >= 4 is 15.9 Å². The molecule has 6 nitrogen and oxygen atoms in total. The van der Waals surface area contributed by atoms with Gasteiger partial charge in [0.25, 0.3) is 5.91 Å². The van der Waals surface area contributed by atoms with E-state index in [4.69, 9.17) is 4.74 Å². The Labute approximate surface area is 172 Å². The van der Waals surface area contributed by atoms with Gasteiger partial charge in [0.15, 0.2) is 0 Å². The molecule has 2 heterocycles. The average molecular weight is 415 g/mol. The zero-order chi connectivity index (χ0) is 20.6. The van der Waals surface area contributed by atoms with Crippen LogP contribution >= 0.6 is 0 Å². The number of likely N-dealkylation sites (tertiary alicyclic amines) is 1. The van der Waals surface area contributed by atoms with Crippen molar-refractivity contribution in [3.8, 4) is 0 Å². The third-order valence-corrected chi connectivity index (χ3v) is 8.00. The molecule has 0 aliphatic carbocycles. The van der Waals surface area contributed by atoms with Crippen LogP contribution in [0.2, 0.25) is 0 Å². The summed E-state index contributed by atoms with van der Waals surface area (Å²) in [7, 11) is -3.64. The monoisotopic (exact) mass is 414 g/mol. The minimum atomic E-state index is -3.64. The van der Waals surface area contributed by atoms with Gasteiger partial charge in [-0.3, -0.25) is 4.79 Å². The number of sulfonamides is 1. The van der Waals surface area contributed by atoms with E-state index in [-0.39, 0.29) is 10.8 Å². The van der Waals surface area contributed by atoms with E-state index in [1.165, 1.54) is 4.31 Å². The van der Waals surface area contributed by atoms with Gasteiger partial charge in [0.05, 0.1) is 11.5 Å². The van der Waals surface area contributed by atoms with Crippen LogP contribution in [0.5, 0.6) is 0 Å². The summed E-state index contributed by atoms with van der Waals surface area (Å²) >= 11 is 0. The number of aryl methyl sites for hydroxylation is 2. The molecule has 7 heteroatoms. The first-order valence-electron chi connectivity index (χ1n) is 9.92. The normalized spacial score (nSPS) is 19.6. The lowest BCUT2D eigenvalue weighted by Gasteiger charge is -2.42. The molecule has 2 aliphatic heterocycles. The van der Waals surface area contributed by atoms with Crippen molar-refractivity contribution < 1.29 is 17.9 Å². The maximum atomic E-state index is 13.2. The van der Waals surface area contributed by atoms with Crippen molar-refractivity contribution in [2.75, 3.05) is 26.2 Å². The Morgan fingerprint density at radius 3 is 2.31 bits per heavy atom. The number of nitrogens with zero attached hydrogens (tertiary/aromatic N) is 2. The zero-order valence-corrected chi connectivity index (χ0v) is 17.6. The number of carbonyl (C=O) groups excluding carboxylic acids is 1. The standard InChI is InChI=1S/C22H26N2O4S/c1-17-8-9-19(16-18(17)2)21(25)23-12-10-22(11-13-23)24(14-15-28-22)29(26,27)20-6-4-3-5-7-20/h3-9,16H,10-15H2,1-2H3. The van der Waals surface area contributed by atoms with Crippen LogP contribution in [-0.2, 0) is 14.8 Å². The molecule has 0 N–H and O–H groups in total. The second-order valence-corrected chi connectivity index (χ2v) is 9.64. The van der Waals surface area contributed by atoms with Gasteiger partial charge in [-0.15, -0.1) is 0 Å². The van der Waals surface area contributed by atoms with E-state index in [0.29, 0.717) is 44.6 Å². The van der Waals surface area contributed by atoms with E-state index in [1.807, 2.05) is 32.0 Å². The fraction of sp³-hybridized carbons (Fsp3) is 0.409. The van der Waals surface area contributed by atoms with Gasteiger partial charge in [-0.05, 0) is 49.2 Å². The molecule has 0 unspecified atom stereocenters. The van der Waals surface area contributed by atoms with Crippen LogP contribution in [0.4, 0.5) is 0 Å². The lowest BCUT2D eigenvalue weighted by atomic mass is 9.99. The molecule has 1 amide bonds. The van der Waals surface area contributed by atoms with Crippen LogP contribution in [-0.4, -0.2) is 55.5 Å². The highest BCUT2D eigenvalue weighted by atomic mass is 32.2. The lowest BCUT2D eigenvalue weighted by Crippen LogP contribution is -2.55. The summed E-state index contributed by atoms with van der Waals surface area (Å²) in [6, 6.07) is 14.2. The number of ether oxygens (including phenoxy) is 1. The Morgan fingerprint density at radius 2 is 1.66 bits per heavy atom. The number of hydrogen-bond acceptors (Lipinski definition) is 4. The number of benzene rings is 2. The summed E-state index contributed by atoms with van der Waals surface area (Å²) in [4.78, 5) is 15.0. The van der Waals surface area contributed by atoms with E-state index >= 15 is 0 Å². The number of piperidine rings is 1. The van der Waals surface area contributed by atoms with Gasteiger partial charge < -0.3 is 9.64 Å². The number of rotatable bonds is 3. The number of carbonyl (C=O) groups is 1. The fourth-order valence-electron chi connectivity index (χ4n) is 4.16. The van der Waals surface area contributed by atoms with Crippen molar-refractivity contribution in [3.63, 3.8) is 0 Å². The van der Waals surface area contributed by atoms with E-state index in [9.17, 15) is 13.2 Å². The first-order chi connectivity index (χ1) is 13.8. The van der Waals surface area contributed by atoms with Gasteiger partial charge in [0.1, 0.15) is 5.72 Å². The van der Waals surface area contributed by atoms with Gasteiger partial charge in [-0.1, -0.05) is 24.3 Å². The maximum Gasteiger partial charge on any atom is 0.253 e. The first kappa shape index (κ1) is 20.1. The fourth-order valence-corrected chi connectivity index (χ4v) is 5.91. The minimum absolute atomic E-state index is 0.0154. The molecule has 0 atom stereocenters. The molecule has 29 heavy (non-hydrogen) atoms. The molecule has 2 fully saturated rings. The van der Waals surface area contributed by atoms with E-state index in [1.54, 1.807) is 35.2 Å². The molecule has 2 saturated heterocycles. The Balaban J connectivity index is 1.51. The highest BCUT2D eigenvalue weighted by Crippen LogP contribution is 2.38. The van der Waals surface area contributed by atoms with Crippen molar-refractivity contribution in [2.24, 2.45) is 0 Å². The van der Waals surface area contributed by atoms with Crippen LogP contribution in [0, 0.1) is 13.8 Å². The second kappa shape index (κ2) is 7.55. The summed E-state index contributed by atoms with van der Waals surface area (Å²) in [5.41, 5.74) is 2.04. The van der Waals surface area contributed by atoms with E-state index in [0.717, 1.165) is 11.1 Å². The van der Waals surface area contributed by atoms with Crippen molar-refractivity contribution in [1.29, 1.82) is 0 Å². The SMILES string of the molecule is Cc1ccc(C(=O)N2CCC3(CC2)OCCN3S(=O)(=O)c2ccccc2)cc1C. The second-order valence-electron chi connectivity index (χ2n) is 7.78. The van der Waals surface area contributed by atoms with Crippen molar-refractivity contribution in [1.82, 2.24) is 9.21 Å². The Hall–Kier alpha value is -2.22. The first-order valence-corrected chi connectivity index (χ1v) is 11.4. The Morgan fingerprint density at radius 1 is 0.966 bits per heavy atom. The Kier molecular flexibility index (Phi) is 5.23. The quantitative estimate of drug-likeness (QED) is 0.775. The van der Waals surface area contributed by atoms with Crippen LogP contribution < -0.4 is 0 Å².